The summed E-state index contributed by atoms with van der Waals surface area (Å²) < 4.78 is 0. The predicted octanol–water partition coefficient (Wildman–Crippen LogP) is 6.98. The number of hydrogen-bond donors (Lipinski definition) is 0. The Hall–Kier alpha value is 2.35. The van der Waals surface area contributed by atoms with Gasteiger partial charge in [0.25, 0.3) is 0 Å². The van der Waals surface area contributed by atoms with Crippen LogP contribution in [0.15, 0.2) is 0 Å². The van der Waals surface area contributed by atoms with Gasteiger partial charge >= 0.3 is 0 Å². The van der Waals surface area contributed by atoms with Gasteiger partial charge in [-0.3, -0.25) is 0 Å². The average Bonchev–Trinajstić information content (AvgIpc) is 2.23. The molecule has 0 nitrogen and oxygen atoms in total. The summed E-state index contributed by atoms with van der Waals surface area (Å²) in [4.78, 5) is 0. The van der Waals surface area contributed by atoms with Crippen molar-refractivity contribution in [1.29, 1.82) is 0 Å². The first-order chi connectivity index (χ1) is 7.31. The second kappa shape index (κ2) is 8.51. The van der Waals surface area contributed by atoms with Gasteiger partial charge in [0.05, 0.1) is 0 Å². The smallest absolute Gasteiger partial charge is 0.111 e. The lowest BCUT2D eigenvalue weighted by atomic mass is 10.2. The Bertz CT molecular complexity index is 181. The Morgan fingerprint density at radius 2 is 1.25 bits per heavy atom. The molecule has 0 aliphatic rings. The zero-order valence-electron chi connectivity index (χ0n) is 10.3. The van der Waals surface area contributed by atoms with Crippen molar-refractivity contribution in [3.8, 4) is 0 Å². The van der Waals surface area contributed by atoms with Gasteiger partial charge in [-0.1, -0.05) is 46.5 Å². The second-order valence-electron chi connectivity index (χ2n) is 4.28. The van der Waals surface area contributed by atoms with Gasteiger partial charge in [-0.25, -0.2) is 0 Å². The fourth-order valence-corrected chi connectivity index (χ4v) is 35.6. The highest BCUT2D eigenvalue weighted by Gasteiger charge is 2.47. The van der Waals surface area contributed by atoms with Gasteiger partial charge in [0.2, 0.25) is 10.6 Å². The molecule has 0 unspecified atom stereocenters. The van der Waals surface area contributed by atoms with Crippen LogP contribution in [0.25, 0.3) is 0 Å². The van der Waals surface area contributed by atoms with Crippen LogP contribution in [0.4, 0.5) is 0 Å². The quantitative estimate of drug-likeness (QED) is 0.185. The Morgan fingerprint density at radius 3 is 1.56 bits per heavy atom. The van der Waals surface area contributed by atoms with Gasteiger partial charge in [0, 0.05) is 0 Å². The molecule has 0 heterocycles. The van der Waals surface area contributed by atoms with E-state index in [1.807, 2.05) is 0 Å². The molecule has 0 aromatic carbocycles. The zero-order chi connectivity index (χ0) is 12.8. The lowest BCUT2D eigenvalue weighted by Crippen LogP contribution is -2.39. The van der Waals surface area contributed by atoms with Crippen LogP contribution in [-0.4, -0.2) is 10.6 Å². The largest absolute Gasteiger partial charge is 0.202 e. The summed E-state index contributed by atoms with van der Waals surface area (Å²) in [5, 5.41) is -2.03. The normalized spacial score (nSPS) is 13.5. The first kappa shape index (κ1) is 18.4. The molecule has 98 valence electrons. The van der Waals surface area contributed by atoms with E-state index < -0.39 is 10.6 Å². The highest BCUT2D eigenvalue weighted by atomic mass is 79.9. The van der Waals surface area contributed by atoms with Crippen molar-refractivity contribution in [1.82, 2.24) is 0 Å². The molecule has 0 rings (SSSR count). The molecule has 0 amide bonds. The van der Waals surface area contributed by atoms with E-state index in [1.54, 1.807) is 0 Å². The summed E-state index contributed by atoms with van der Waals surface area (Å²) in [5.41, 5.74) is 0. The fraction of sp³-hybridized carbons (Fsp3) is 1.00. The van der Waals surface area contributed by atoms with E-state index in [-0.39, 0.29) is 0 Å². The van der Waals surface area contributed by atoms with Crippen LogP contribution in [0.1, 0.15) is 46.5 Å². The van der Waals surface area contributed by atoms with Crippen LogP contribution >= 0.6 is 61.2 Å². The summed E-state index contributed by atoms with van der Waals surface area (Å²) in [7, 11) is 0. The molecule has 0 atom stereocenters. The Morgan fingerprint density at radius 1 is 0.812 bits per heavy atom. The maximum atomic E-state index is 4.01. The minimum absolute atomic E-state index is 0.807. The molecule has 0 aromatic rings. The topological polar surface area (TPSA) is 0 Å². The molecule has 0 saturated heterocycles. The van der Waals surface area contributed by atoms with Crippen molar-refractivity contribution in [3.63, 3.8) is 0 Å². The standard InChI is InChI=1S/C10H22Br4Si2/c1-4-7-8-9-10(15(11,12)5-2)16(13,14)6-3/h10H,4-9H2,1-3H3. The number of unbranched alkanes of at least 4 members (excludes halogenated alkanes) is 2. The molecule has 0 saturated carbocycles. The maximum Gasteiger partial charge on any atom is 0.202 e. The van der Waals surface area contributed by atoms with Gasteiger partial charge in [-0.2, -0.15) is 0 Å². The molecule has 0 N–H and O–H groups in total. The monoisotopic (exact) mass is 514 g/mol. The van der Waals surface area contributed by atoms with E-state index in [4.69, 9.17) is 0 Å². The van der Waals surface area contributed by atoms with Crippen LogP contribution < -0.4 is 0 Å². The first-order valence-corrected chi connectivity index (χ1v) is 19.7. The zero-order valence-corrected chi connectivity index (χ0v) is 18.7. The molecule has 0 bridgehead atoms. The first-order valence-electron chi connectivity index (χ1n) is 6.07. The van der Waals surface area contributed by atoms with Crippen LogP contribution in [0.2, 0.25) is 17.3 Å². The molecule has 0 radical (unpaired) electrons. The van der Waals surface area contributed by atoms with E-state index in [0.29, 0.717) is 0 Å². The third-order valence-corrected chi connectivity index (χ3v) is 28.9. The number of rotatable bonds is 8. The van der Waals surface area contributed by atoms with Crippen LogP contribution in [0.3, 0.4) is 0 Å². The van der Waals surface area contributed by atoms with Crippen molar-refractivity contribution >= 4 is 71.8 Å². The molecule has 0 aromatic heterocycles. The van der Waals surface area contributed by atoms with Crippen molar-refractivity contribution in [2.45, 2.75) is 63.7 Å². The van der Waals surface area contributed by atoms with Crippen molar-refractivity contribution in [2.75, 3.05) is 0 Å². The van der Waals surface area contributed by atoms with E-state index in [1.165, 1.54) is 37.8 Å². The Balaban J connectivity index is 4.64. The molecule has 0 aliphatic carbocycles. The van der Waals surface area contributed by atoms with Crippen molar-refractivity contribution in [2.24, 2.45) is 0 Å². The minimum Gasteiger partial charge on any atom is -0.111 e. The van der Waals surface area contributed by atoms with Gasteiger partial charge in [0.15, 0.2) is 0 Å². The molecule has 0 spiro atoms. The lowest BCUT2D eigenvalue weighted by molar-refractivity contribution is 0.682. The Kier molecular flexibility index (Phi) is 9.76. The SMILES string of the molecule is CCCCCC([Si](Br)(Br)CC)[Si](Br)(Br)CC. The van der Waals surface area contributed by atoms with Crippen molar-refractivity contribution in [3.05, 3.63) is 0 Å². The summed E-state index contributed by atoms with van der Waals surface area (Å²) in [6, 6.07) is 2.49. The Labute approximate surface area is 134 Å². The lowest BCUT2D eigenvalue weighted by Gasteiger charge is -2.35. The number of halogens is 4. The van der Waals surface area contributed by atoms with Gasteiger partial charge in [0.1, 0.15) is 0 Å². The third kappa shape index (κ3) is 6.00. The van der Waals surface area contributed by atoms with E-state index in [2.05, 4.69) is 81.9 Å². The van der Waals surface area contributed by atoms with E-state index >= 15 is 0 Å². The van der Waals surface area contributed by atoms with Gasteiger partial charge < -0.3 is 0 Å². The van der Waals surface area contributed by atoms with Gasteiger partial charge in [-0.05, 0) is 17.3 Å². The van der Waals surface area contributed by atoms with Gasteiger partial charge in [-0.15, -0.1) is 61.2 Å². The van der Waals surface area contributed by atoms with Crippen LogP contribution in [0.5, 0.6) is 0 Å². The fourth-order valence-electron chi connectivity index (χ4n) is 1.82. The van der Waals surface area contributed by atoms with E-state index in [9.17, 15) is 0 Å². The molecule has 0 fully saturated rings. The van der Waals surface area contributed by atoms with Crippen LogP contribution in [-0.2, 0) is 0 Å². The number of hydrogen-bond acceptors (Lipinski definition) is 0. The van der Waals surface area contributed by atoms with Crippen molar-refractivity contribution < 1.29 is 0 Å². The average molecular weight is 518 g/mol. The highest BCUT2D eigenvalue weighted by Crippen LogP contribution is 2.52. The third-order valence-electron chi connectivity index (χ3n) is 3.06. The molecular formula is C10H22Br4Si2. The summed E-state index contributed by atoms with van der Waals surface area (Å²) in [5.74, 6) is 0. The molecular weight excluding hydrogens is 496 g/mol. The molecule has 6 heteroatoms. The molecule has 16 heavy (non-hydrogen) atoms. The maximum absolute atomic E-state index is 4.01. The van der Waals surface area contributed by atoms with E-state index in [0.717, 1.165) is 5.16 Å². The van der Waals surface area contributed by atoms with Crippen LogP contribution in [0, 0.1) is 0 Å². The summed E-state index contributed by atoms with van der Waals surface area (Å²) in [6.45, 7) is 6.86. The molecule has 0 aliphatic heterocycles. The minimum atomic E-state index is -1.42. The predicted molar refractivity (Wildman–Crippen MR) is 96.1 cm³/mol. The summed E-state index contributed by atoms with van der Waals surface area (Å²) >= 11 is 16.0. The summed E-state index contributed by atoms with van der Waals surface area (Å²) in [6.07, 6.45) is 5.38. The highest BCUT2D eigenvalue weighted by molar-refractivity contribution is 9.53. The second-order valence-corrected chi connectivity index (χ2v) is 34.1.